The summed E-state index contributed by atoms with van der Waals surface area (Å²) in [4.78, 5) is 15.5. The molecule has 3 rings (SSSR count). The van der Waals surface area contributed by atoms with Crippen molar-refractivity contribution in [1.82, 2.24) is 9.38 Å². The molecule has 1 N–H and O–H groups in total. The summed E-state index contributed by atoms with van der Waals surface area (Å²) in [7, 11) is 0. The second-order valence-corrected chi connectivity index (χ2v) is 4.87. The van der Waals surface area contributed by atoms with Gasteiger partial charge in [-0.3, -0.25) is 4.40 Å². The number of carboxylic acids is 1. The van der Waals surface area contributed by atoms with Crippen molar-refractivity contribution in [3.05, 3.63) is 71.2 Å². The Morgan fingerprint density at radius 3 is 2.55 bits per heavy atom. The fourth-order valence-corrected chi connectivity index (χ4v) is 2.51. The van der Waals surface area contributed by atoms with Gasteiger partial charge in [-0.1, -0.05) is 12.1 Å². The maximum atomic E-state index is 13.6. The van der Waals surface area contributed by atoms with Crippen LogP contribution in [0.15, 0.2) is 42.7 Å². The van der Waals surface area contributed by atoms with Crippen molar-refractivity contribution in [2.24, 2.45) is 0 Å². The first-order valence-electron chi connectivity index (χ1n) is 6.69. The largest absolute Gasteiger partial charge is 0.477 e. The zero-order valence-electron chi connectivity index (χ0n) is 11.5. The van der Waals surface area contributed by atoms with Crippen molar-refractivity contribution in [2.45, 2.75) is 12.8 Å². The number of halogens is 2. The third-order valence-corrected chi connectivity index (χ3v) is 3.56. The van der Waals surface area contributed by atoms with Crippen LogP contribution in [0.25, 0.3) is 5.65 Å². The quantitative estimate of drug-likeness (QED) is 0.805. The Labute approximate surface area is 124 Å². The van der Waals surface area contributed by atoms with Gasteiger partial charge in [-0.25, -0.2) is 18.6 Å². The molecular formula is C16H12F2N2O2. The van der Waals surface area contributed by atoms with Crippen LogP contribution in [0.5, 0.6) is 0 Å². The number of hydrogen-bond acceptors (Lipinski definition) is 2. The molecule has 0 bridgehead atoms. The van der Waals surface area contributed by atoms with E-state index in [-0.39, 0.29) is 24.1 Å². The molecule has 0 aliphatic carbocycles. The number of carboxylic acid groups (broad SMARTS) is 1. The van der Waals surface area contributed by atoms with Gasteiger partial charge < -0.3 is 5.11 Å². The van der Waals surface area contributed by atoms with Crippen LogP contribution in [0.4, 0.5) is 8.78 Å². The summed E-state index contributed by atoms with van der Waals surface area (Å²) in [6.45, 7) is 0. The fraction of sp³-hybridized carbons (Fsp3) is 0.125. The molecule has 4 nitrogen and oxygen atoms in total. The highest BCUT2D eigenvalue weighted by atomic mass is 19.1. The van der Waals surface area contributed by atoms with E-state index in [1.807, 2.05) is 0 Å². The minimum Gasteiger partial charge on any atom is -0.477 e. The van der Waals surface area contributed by atoms with Gasteiger partial charge in [-0.2, -0.15) is 0 Å². The summed E-state index contributed by atoms with van der Waals surface area (Å²) >= 11 is 0. The average Bonchev–Trinajstić information content (AvgIpc) is 2.94. The van der Waals surface area contributed by atoms with Crippen LogP contribution in [0, 0.1) is 11.6 Å². The maximum Gasteiger partial charge on any atom is 0.353 e. The second-order valence-electron chi connectivity index (χ2n) is 4.87. The molecule has 3 aromatic rings. The number of fused-ring (bicyclic) bond motifs is 1. The number of nitrogens with zero attached hydrogens (tertiary/aromatic N) is 2. The first-order valence-corrected chi connectivity index (χ1v) is 6.69. The predicted octanol–water partition coefficient (Wildman–Crippen LogP) is 3.10. The summed E-state index contributed by atoms with van der Waals surface area (Å²) in [5.41, 5.74) is 1.04. The number of rotatable bonds is 4. The van der Waals surface area contributed by atoms with Crippen molar-refractivity contribution in [2.75, 3.05) is 0 Å². The van der Waals surface area contributed by atoms with E-state index in [0.717, 1.165) is 0 Å². The Bertz CT molecular complexity index is 838. The van der Waals surface area contributed by atoms with Crippen molar-refractivity contribution < 1.29 is 18.7 Å². The molecular weight excluding hydrogens is 290 g/mol. The fourth-order valence-electron chi connectivity index (χ4n) is 2.51. The van der Waals surface area contributed by atoms with Crippen molar-refractivity contribution in [1.29, 1.82) is 0 Å². The number of aromatic carboxylic acids is 1. The van der Waals surface area contributed by atoms with E-state index in [1.165, 1.54) is 28.8 Å². The number of aromatic nitrogens is 2. The van der Waals surface area contributed by atoms with Crippen LogP contribution in [-0.2, 0) is 12.8 Å². The summed E-state index contributed by atoms with van der Waals surface area (Å²) < 4.78 is 28.7. The van der Waals surface area contributed by atoms with E-state index >= 15 is 0 Å². The molecule has 2 heterocycles. The van der Waals surface area contributed by atoms with Crippen LogP contribution in [0.2, 0.25) is 0 Å². The monoisotopic (exact) mass is 302 g/mol. The lowest BCUT2D eigenvalue weighted by Gasteiger charge is -2.09. The van der Waals surface area contributed by atoms with Gasteiger partial charge >= 0.3 is 5.97 Å². The van der Waals surface area contributed by atoms with Crippen molar-refractivity contribution >= 4 is 11.6 Å². The number of pyridine rings is 1. The summed E-state index contributed by atoms with van der Waals surface area (Å²) in [6, 6.07) is 6.99. The molecule has 0 saturated heterocycles. The lowest BCUT2D eigenvalue weighted by Crippen LogP contribution is -2.10. The Hall–Kier alpha value is -2.76. The van der Waals surface area contributed by atoms with E-state index in [9.17, 15) is 18.7 Å². The Balaban J connectivity index is 1.97. The normalized spacial score (nSPS) is 11.0. The van der Waals surface area contributed by atoms with E-state index < -0.39 is 17.6 Å². The minimum absolute atomic E-state index is 0.0374. The standard InChI is InChI=1S/C16H12F2N2O2/c17-12-2-1-3-13(18)11(12)6-4-10-5-7-14-19-8-9-20(14)15(10)16(21)22/h1-3,5,7-9H,4,6H2,(H,21,22). The smallest absolute Gasteiger partial charge is 0.353 e. The first kappa shape index (κ1) is 14.2. The molecule has 0 amide bonds. The van der Waals surface area contributed by atoms with Crippen LogP contribution < -0.4 is 0 Å². The molecule has 0 spiro atoms. The van der Waals surface area contributed by atoms with Gasteiger partial charge in [0.15, 0.2) is 0 Å². The summed E-state index contributed by atoms with van der Waals surface area (Å²) in [5.74, 6) is -2.35. The van der Waals surface area contributed by atoms with Gasteiger partial charge in [-0.05, 0) is 36.6 Å². The molecule has 0 radical (unpaired) electrons. The van der Waals surface area contributed by atoms with Crippen molar-refractivity contribution in [3.63, 3.8) is 0 Å². The third-order valence-electron chi connectivity index (χ3n) is 3.56. The zero-order chi connectivity index (χ0) is 15.7. The number of benzene rings is 1. The van der Waals surface area contributed by atoms with Gasteiger partial charge in [0.25, 0.3) is 0 Å². The average molecular weight is 302 g/mol. The molecule has 22 heavy (non-hydrogen) atoms. The van der Waals surface area contributed by atoms with E-state index in [0.29, 0.717) is 11.2 Å². The highest BCUT2D eigenvalue weighted by Gasteiger charge is 2.16. The molecule has 112 valence electrons. The SMILES string of the molecule is O=C(O)c1c(CCc2c(F)cccc2F)ccc2nccn12. The molecule has 6 heteroatoms. The van der Waals surface area contributed by atoms with E-state index in [1.54, 1.807) is 18.3 Å². The number of carbonyl (C=O) groups is 1. The highest BCUT2D eigenvalue weighted by Crippen LogP contribution is 2.18. The molecule has 1 aromatic carbocycles. The summed E-state index contributed by atoms with van der Waals surface area (Å²) in [5, 5.41) is 9.39. The van der Waals surface area contributed by atoms with Crippen LogP contribution in [0.3, 0.4) is 0 Å². The van der Waals surface area contributed by atoms with E-state index in [4.69, 9.17) is 0 Å². The van der Waals surface area contributed by atoms with Crippen LogP contribution >= 0.6 is 0 Å². The third kappa shape index (κ3) is 2.43. The topological polar surface area (TPSA) is 54.6 Å². The molecule has 0 saturated carbocycles. The summed E-state index contributed by atoms with van der Waals surface area (Å²) in [6.07, 6.45) is 3.35. The number of aryl methyl sites for hydroxylation is 1. The second kappa shape index (κ2) is 5.55. The van der Waals surface area contributed by atoms with E-state index in [2.05, 4.69) is 4.98 Å². The molecule has 0 unspecified atom stereocenters. The Morgan fingerprint density at radius 1 is 1.14 bits per heavy atom. The molecule has 0 atom stereocenters. The van der Waals surface area contributed by atoms with Gasteiger partial charge in [0.2, 0.25) is 0 Å². The minimum atomic E-state index is -1.10. The molecule has 0 aliphatic heterocycles. The molecule has 0 fully saturated rings. The Morgan fingerprint density at radius 2 is 1.86 bits per heavy atom. The number of imidazole rings is 1. The first-order chi connectivity index (χ1) is 10.6. The van der Waals surface area contributed by atoms with Crippen LogP contribution in [0.1, 0.15) is 21.6 Å². The van der Waals surface area contributed by atoms with Crippen molar-refractivity contribution in [3.8, 4) is 0 Å². The van der Waals surface area contributed by atoms with Gasteiger partial charge in [0.05, 0.1) is 0 Å². The van der Waals surface area contributed by atoms with Crippen LogP contribution in [-0.4, -0.2) is 20.5 Å². The lowest BCUT2D eigenvalue weighted by atomic mass is 10.0. The van der Waals surface area contributed by atoms with Gasteiger partial charge in [0, 0.05) is 18.0 Å². The zero-order valence-corrected chi connectivity index (χ0v) is 11.5. The molecule has 0 aliphatic rings. The molecule has 2 aromatic heterocycles. The lowest BCUT2D eigenvalue weighted by molar-refractivity contribution is 0.0687. The van der Waals surface area contributed by atoms with Gasteiger partial charge in [-0.15, -0.1) is 0 Å². The highest BCUT2D eigenvalue weighted by molar-refractivity contribution is 5.88. The number of hydrogen-bond donors (Lipinski definition) is 1. The van der Waals surface area contributed by atoms with Gasteiger partial charge in [0.1, 0.15) is 23.0 Å². The Kier molecular flexibility index (Phi) is 3.58. The maximum absolute atomic E-state index is 13.6. The predicted molar refractivity (Wildman–Crippen MR) is 75.9 cm³/mol.